The number of carbonyl (C=O) groups excluding carboxylic acids is 2. The van der Waals surface area contributed by atoms with E-state index in [4.69, 9.17) is 4.42 Å². The van der Waals surface area contributed by atoms with Crippen LogP contribution in [-0.4, -0.2) is 16.7 Å². The molecular formula is C19H16O5. The van der Waals surface area contributed by atoms with Crippen molar-refractivity contribution in [3.63, 3.8) is 0 Å². The van der Waals surface area contributed by atoms with E-state index in [0.29, 0.717) is 18.1 Å². The lowest BCUT2D eigenvalue weighted by atomic mass is 9.77. The summed E-state index contributed by atoms with van der Waals surface area (Å²) in [6.45, 7) is 0. The van der Waals surface area contributed by atoms with Crippen molar-refractivity contribution < 1.29 is 19.1 Å². The SMILES string of the molecule is O=C1C=CC(c2oc(CC3CCC4C5C3C45)cc(=O)c2O)=CC1=O. The predicted molar refractivity (Wildman–Crippen MR) is 84.2 cm³/mol. The van der Waals surface area contributed by atoms with Gasteiger partial charge in [0.1, 0.15) is 5.76 Å². The number of rotatable bonds is 3. The number of aromatic hydroxyl groups is 1. The van der Waals surface area contributed by atoms with E-state index in [1.165, 1.54) is 18.6 Å². The van der Waals surface area contributed by atoms with E-state index >= 15 is 0 Å². The minimum Gasteiger partial charge on any atom is -0.502 e. The fourth-order valence-electron chi connectivity index (χ4n) is 4.83. The van der Waals surface area contributed by atoms with Crippen LogP contribution in [0.25, 0.3) is 5.57 Å². The van der Waals surface area contributed by atoms with E-state index < -0.39 is 22.7 Å². The predicted octanol–water partition coefficient (Wildman–Crippen LogP) is 1.88. The van der Waals surface area contributed by atoms with Crippen molar-refractivity contribution in [3.8, 4) is 5.75 Å². The molecule has 2 bridgehead atoms. The van der Waals surface area contributed by atoms with E-state index in [1.54, 1.807) is 0 Å². The fraction of sp³-hybridized carbons (Fsp3) is 0.421. The number of fused-ring (bicyclic) bond motifs is 2. The van der Waals surface area contributed by atoms with Gasteiger partial charge in [-0.15, -0.1) is 0 Å². The number of hydrogen-bond donors (Lipinski definition) is 1. The van der Waals surface area contributed by atoms with Gasteiger partial charge in [-0.05, 0) is 54.6 Å². The summed E-state index contributed by atoms with van der Waals surface area (Å²) in [5.41, 5.74) is -0.256. The topological polar surface area (TPSA) is 84.6 Å². The highest BCUT2D eigenvalue weighted by Crippen LogP contribution is 2.80. The monoisotopic (exact) mass is 324 g/mol. The van der Waals surface area contributed by atoms with Gasteiger partial charge in [0.15, 0.2) is 5.76 Å². The Morgan fingerprint density at radius 2 is 1.83 bits per heavy atom. The maximum atomic E-state index is 12.1. The Labute approximate surface area is 137 Å². The highest BCUT2D eigenvalue weighted by Gasteiger charge is 2.76. The molecule has 1 aromatic rings. The molecule has 5 aliphatic rings. The molecule has 1 aromatic heterocycles. The number of carbonyl (C=O) groups is 2. The van der Waals surface area contributed by atoms with Crippen molar-refractivity contribution in [2.45, 2.75) is 19.3 Å². The third-order valence-corrected chi connectivity index (χ3v) is 6.10. The lowest BCUT2D eigenvalue weighted by Gasteiger charge is -2.28. The quantitative estimate of drug-likeness (QED) is 0.678. The first kappa shape index (κ1) is 14.0. The molecule has 3 unspecified atom stereocenters. The molecule has 3 atom stereocenters. The minimum absolute atomic E-state index is 0.0238. The Bertz CT molecular complexity index is 893. The van der Waals surface area contributed by atoms with E-state index in [2.05, 4.69) is 0 Å². The smallest absolute Gasteiger partial charge is 0.227 e. The van der Waals surface area contributed by atoms with Gasteiger partial charge in [0.25, 0.3) is 0 Å². The van der Waals surface area contributed by atoms with Gasteiger partial charge in [-0.1, -0.05) is 0 Å². The number of allylic oxidation sites excluding steroid dienone is 4. The molecule has 0 radical (unpaired) electrons. The standard InChI is InChI=1S/C19H16O5/c20-12-4-2-9(6-13(12)21)19-18(23)14(22)7-10(24-19)5-8-1-3-11-16-15(8)17(11)16/h2,4,6-8,11,15-17,23H,1,3,5H2. The van der Waals surface area contributed by atoms with Crippen molar-refractivity contribution in [3.05, 3.63) is 46.0 Å². The molecule has 5 aliphatic carbocycles. The van der Waals surface area contributed by atoms with Gasteiger partial charge in [0.05, 0.1) is 0 Å². The Balaban J connectivity index is 1.47. The van der Waals surface area contributed by atoms with Crippen LogP contribution in [0.2, 0.25) is 0 Å². The highest BCUT2D eigenvalue weighted by molar-refractivity contribution is 6.48. The van der Waals surface area contributed by atoms with Crippen molar-refractivity contribution in [2.75, 3.05) is 0 Å². The van der Waals surface area contributed by atoms with E-state index in [-0.39, 0.29) is 11.3 Å². The molecule has 1 heterocycles. The molecule has 0 aromatic carbocycles. The summed E-state index contributed by atoms with van der Waals surface area (Å²) in [6, 6.07) is 1.35. The van der Waals surface area contributed by atoms with E-state index in [9.17, 15) is 19.5 Å². The molecule has 4 fully saturated rings. The van der Waals surface area contributed by atoms with Gasteiger partial charge in [0.2, 0.25) is 22.7 Å². The minimum atomic E-state index is -0.684. The summed E-state index contributed by atoms with van der Waals surface area (Å²) in [4.78, 5) is 34.9. The van der Waals surface area contributed by atoms with E-state index in [0.717, 1.165) is 42.2 Å². The lowest BCUT2D eigenvalue weighted by molar-refractivity contribution is -0.131. The van der Waals surface area contributed by atoms with Gasteiger partial charge < -0.3 is 9.52 Å². The number of ketones is 2. The molecule has 0 saturated heterocycles. The highest BCUT2D eigenvalue weighted by atomic mass is 16.4. The van der Waals surface area contributed by atoms with Crippen LogP contribution in [-0.2, 0) is 16.0 Å². The van der Waals surface area contributed by atoms with Crippen LogP contribution in [0.15, 0.2) is 33.5 Å². The zero-order valence-electron chi connectivity index (χ0n) is 12.9. The zero-order chi connectivity index (χ0) is 16.6. The van der Waals surface area contributed by atoms with Gasteiger partial charge >= 0.3 is 0 Å². The van der Waals surface area contributed by atoms with Crippen LogP contribution in [0.5, 0.6) is 5.75 Å². The van der Waals surface area contributed by atoms with Gasteiger partial charge in [-0.25, -0.2) is 0 Å². The van der Waals surface area contributed by atoms with Crippen LogP contribution in [0, 0.1) is 29.6 Å². The molecule has 5 nitrogen and oxygen atoms in total. The van der Waals surface area contributed by atoms with Crippen LogP contribution in [0.4, 0.5) is 0 Å². The largest absolute Gasteiger partial charge is 0.502 e. The van der Waals surface area contributed by atoms with Gasteiger partial charge in [0, 0.05) is 24.1 Å². The van der Waals surface area contributed by atoms with E-state index in [1.807, 2.05) is 0 Å². The first-order chi connectivity index (χ1) is 11.5. The maximum absolute atomic E-state index is 12.1. The molecule has 4 saturated carbocycles. The molecule has 0 amide bonds. The maximum Gasteiger partial charge on any atom is 0.227 e. The molecule has 0 aliphatic heterocycles. The summed E-state index contributed by atoms with van der Waals surface area (Å²) in [6.07, 6.45) is 6.76. The second kappa shape index (κ2) is 4.56. The second-order valence-electron chi connectivity index (χ2n) is 7.35. The average Bonchev–Trinajstić information content (AvgIpc) is 3.46. The van der Waals surface area contributed by atoms with Gasteiger partial charge in [-0.3, -0.25) is 14.4 Å². The second-order valence-corrected chi connectivity index (χ2v) is 7.35. The lowest BCUT2D eigenvalue weighted by Crippen LogP contribution is -2.22. The van der Waals surface area contributed by atoms with Crippen molar-refractivity contribution >= 4 is 17.1 Å². The Kier molecular flexibility index (Phi) is 2.65. The summed E-state index contributed by atoms with van der Waals surface area (Å²) in [7, 11) is 0. The fourth-order valence-corrected chi connectivity index (χ4v) is 4.83. The average molecular weight is 324 g/mol. The van der Waals surface area contributed by atoms with Crippen molar-refractivity contribution in [1.29, 1.82) is 0 Å². The normalized spacial score (nSPS) is 35.5. The molecule has 24 heavy (non-hydrogen) atoms. The molecular weight excluding hydrogens is 308 g/mol. The van der Waals surface area contributed by atoms with Crippen LogP contribution < -0.4 is 5.43 Å². The zero-order valence-corrected chi connectivity index (χ0v) is 12.9. The summed E-state index contributed by atoms with van der Waals surface area (Å²) in [5, 5.41) is 10.0. The first-order valence-electron chi connectivity index (χ1n) is 8.39. The summed E-state index contributed by atoms with van der Waals surface area (Å²) < 4.78 is 5.76. The van der Waals surface area contributed by atoms with Crippen LogP contribution >= 0.6 is 0 Å². The molecule has 6 rings (SSSR count). The summed E-state index contributed by atoms with van der Waals surface area (Å²) >= 11 is 0. The first-order valence-corrected chi connectivity index (χ1v) is 8.39. The Morgan fingerprint density at radius 1 is 1.04 bits per heavy atom. The molecule has 1 N–H and O–H groups in total. The van der Waals surface area contributed by atoms with Crippen LogP contribution in [0.3, 0.4) is 0 Å². The van der Waals surface area contributed by atoms with Gasteiger partial charge in [-0.2, -0.15) is 0 Å². The number of hydrogen-bond acceptors (Lipinski definition) is 5. The van der Waals surface area contributed by atoms with Crippen molar-refractivity contribution in [2.24, 2.45) is 29.6 Å². The Hall–Kier alpha value is -2.43. The Morgan fingerprint density at radius 3 is 2.54 bits per heavy atom. The molecule has 122 valence electrons. The third-order valence-electron chi connectivity index (χ3n) is 6.10. The molecule has 0 spiro atoms. The molecule has 5 heteroatoms. The van der Waals surface area contributed by atoms with Crippen LogP contribution in [0.1, 0.15) is 24.4 Å². The van der Waals surface area contributed by atoms with Crippen molar-refractivity contribution in [1.82, 2.24) is 0 Å². The third kappa shape index (κ3) is 1.90. The summed E-state index contributed by atoms with van der Waals surface area (Å²) in [5.74, 6) is 2.83.